The monoisotopic (exact) mass is 403 g/mol. The molecule has 1 aromatic heterocycles. The van der Waals surface area contributed by atoms with Gasteiger partial charge in [0.2, 0.25) is 0 Å². The van der Waals surface area contributed by atoms with Crippen molar-refractivity contribution in [3.05, 3.63) is 96.3 Å². The van der Waals surface area contributed by atoms with Gasteiger partial charge in [0, 0.05) is 16.8 Å². The van der Waals surface area contributed by atoms with E-state index >= 15 is 0 Å². The fraction of sp³-hybridized carbons (Fsp3) is 0.0870. The smallest absolute Gasteiger partial charge is 0.196 e. The molecule has 4 aromatic rings. The van der Waals surface area contributed by atoms with Crippen molar-refractivity contribution in [2.45, 2.75) is 17.3 Å². The van der Waals surface area contributed by atoms with E-state index in [0.29, 0.717) is 16.5 Å². The van der Waals surface area contributed by atoms with Crippen LogP contribution in [0.25, 0.3) is 17.1 Å². The molecule has 0 saturated heterocycles. The van der Waals surface area contributed by atoms with E-state index in [1.54, 1.807) is 12.1 Å². The van der Waals surface area contributed by atoms with Crippen molar-refractivity contribution in [1.29, 1.82) is 0 Å². The molecule has 0 aliphatic heterocycles. The first-order valence-electron chi connectivity index (χ1n) is 9.16. The molecule has 0 amide bonds. The Morgan fingerprint density at radius 1 is 0.897 bits per heavy atom. The van der Waals surface area contributed by atoms with E-state index in [4.69, 9.17) is 0 Å². The molecule has 144 valence electrons. The number of para-hydroxylation sites is 1. The summed E-state index contributed by atoms with van der Waals surface area (Å²) in [5, 5.41) is 8.93. The van der Waals surface area contributed by atoms with Gasteiger partial charge in [-0.15, -0.1) is 10.2 Å². The minimum atomic E-state index is -0.342. The molecule has 1 unspecified atom stereocenters. The van der Waals surface area contributed by atoms with Gasteiger partial charge < -0.3 is 0 Å². The van der Waals surface area contributed by atoms with Crippen LogP contribution in [0.1, 0.15) is 17.3 Å². The number of carbonyl (C=O) groups excluding carboxylic acids is 1. The molecule has 0 N–H and O–H groups in total. The highest BCUT2D eigenvalue weighted by atomic mass is 32.2. The highest BCUT2D eigenvalue weighted by Gasteiger charge is 2.22. The van der Waals surface area contributed by atoms with E-state index in [-0.39, 0.29) is 16.9 Å². The minimum absolute atomic E-state index is 0.0292. The Labute approximate surface area is 172 Å². The lowest BCUT2D eigenvalue weighted by Crippen LogP contribution is -2.14. The van der Waals surface area contributed by atoms with Crippen molar-refractivity contribution in [1.82, 2.24) is 14.8 Å². The summed E-state index contributed by atoms with van der Waals surface area (Å²) >= 11 is 1.35. The molecular formula is C23H18FN3OS. The number of benzene rings is 3. The fourth-order valence-corrected chi connectivity index (χ4v) is 3.94. The molecule has 6 heteroatoms. The lowest BCUT2D eigenvalue weighted by atomic mass is 10.1. The van der Waals surface area contributed by atoms with Crippen LogP contribution in [0.2, 0.25) is 0 Å². The largest absolute Gasteiger partial charge is 0.293 e. The van der Waals surface area contributed by atoms with Gasteiger partial charge in [0.1, 0.15) is 5.82 Å². The lowest BCUT2D eigenvalue weighted by molar-refractivity contribution is 0.0994. The average Bonchev–Trinajstić information content (AvgIpc) is 3.18. The number of carbonyl (C=O) groups is 1. The molecule has 0 spiro atoms. The van der Waals surface area contributed by atoms with Gasteiger partial charge in [0.15, 0.2) is 16.8 Å². The predicted molar refractivity (Wildman–Crippen MR) is 113 cm³/mol. The molecule has 3 aromatic carbocycles. The van der Waals surface area contributed by atoms with E-state index in [1.165, 1.54) is 23.9 Å². The van der Waals surface area contributed by atoms with Gasteiger partial charge in [0.05, 0.1) is 5.25 Å². The van der Waals surface area contributed by atoms with Crippen LogP contribution in [0, 0.1) is 5.82 Å². The van der Waals surface area contributed by atoms with Gasteiger partial charge >= 0.3 is 0 Å². The van der Waals surface area contributed by atoms with Crippen molar-refractivity contribution >= 4 is 17.5 Å². The summed E-state index contributed by atoms with van der Waals surface area (Å²) in [6, 6.07) is 25.0. The van der Waals surface area contributed by atoms with Gasteiger partial charge in [-0.3, -0.25) is 9.36 Å². The lowest BCUT2D eigenvalue weighted by Gasteiger charge is -2.13. The third-order valence-corrected chi connectivity index (χ3v) is 5.50. The predicted octanol–water partition coefficient (Wildman–Crippen LogP) is 5.44. The molecule has 4 nitrogen and oxygen atoms in total. The quantitative estimate of drug-likeness (QED) is 0.318. The van der Waals surface area contributed by atoms with Crippen LogP contribution in [0.5, 0.6) is 0 Å². The zero-order valence-electron chi connectivity index (χ0n) is 15.7. The topological polar surface area (TPSA) is 47.8 Å². The molecule has 0 aliphatic carbocycles. The maximum atomic E-state index is 13.4. The molecule has 0 aliphatic rings. The highest BCUT2D eigenvalue weighted by Crippen LogP contribution is 2.31. The van der Waals surface area contributed by atoms with Gasteiger partial charge in [-0.1, -0.05) is 60.3 Å². The third-order valence-electron chi connectivity index (χ3n) is 4.46. The highest BCUT2D eigenvalue weighted by molar-refractivity contribution is 8.00. The fourth-order valence-electron chi connectivity index (χ4n) is 2.99. The van der Waals surface area contributed by atoms with Crippen LogP contribution in [-0.2, 0) is 0 Å². The number of thioether (sulfide) groups is 1. The van der Waals surface area contributed by atoms with Crippen LogP contribution < -0.4 is 0 Å². The number of Topliss-reactive ketones (excluding diaryl/α,β-unsaturated/α-hetero) is 1. The number of hydrogen-bond donors (Lipinski definition) is 0. The Bertz CT molecular complexity index is 1110. The second-order valence-electron chi connectivity index (χ2n) is 6.47. The first-order chi connectivity index (χ1) is 14.1. The molecule has 0 fully saturated rings. The third kappa shape index (κ3) is 4.12. The number of ketones is 1. The molecular weight excluding hydrogens is 385 g/mol. The zero-order valence-corrected chi connectivity index (χ0v) is 16.5. The Balaban J connectivity index is 1.72. The number of rotatable bonds is 6. The maximum absolute atomic E-state index is 13.4. The van der Waals surface area contributed by atoms with Crippen molar-refractivity contribution in [2.24, 2.45) is 0 Å². The molecule has 0 radical (unpaired) electrons. The summed E-state index contributed by atoms with van der Waals surface area (Å²) in [6.45, 7) is 1.86. The van der Waals surface area contributed by atoms with Crippen LogP contribution >= 0.6 is 11.8 Å². The molecule has 0 bridgehead atoms. The van der Waals surface area contributed by atoms with Crippen molar-refractivity contribution < 1.29 is 9.18 Å². The second-order valence-corrected chi connectivity index (χ2v) is 7.78. The number of aromatic nitrogens is 3. The Hall–Kier alpha value is -3.25. The van der Waals surface area contributed by atoms with E-state index in [0.717, 1.165) is 11.3 Å². The standard InChI is InChI=1S/C23H18FN3OS/c1-16(21(28)17-8-4-2-5-9-17)29-23-26-25-22(18-12-14-19(24)15-13-18)27(23)20-10-6-3-7-11-20/h2-16H,1H3. The van der Waals surface area contributed by atoms with Crippen LogP contribution in [0.4, 0.5) is 4.39 Å². The molecule has 0 saturated carbocycles. The van der Waals surface area contributed by atoms with Crippen LogP contribution in [0.15, 0.2) is 90.1 Å². The normalized spacial score (nSPS) is 11.9. The van der Waals surface area contributed by atoms with Gasteiger partial charge in [-0.05, 0) is 43.3 Å². The Morgan fingerprint density at radius 2 is 1.52 bits per heavy atom. The number of hydrogen-bond acceptors (Lipinski definition) is 4. The van der Waals surface area contributed by atoms with Crippen LogP contribution in [-0.4, -0.2) is 25.8 Å². The van der Waals surface area contributed by atoms with E-state index in [2.05, 4.69) is 10.2 Å². The first-order valence-corrected chi connectivity index (χ1v) is 10.0. The molecule has 1 atom stereocenters. The van der Waals surface area contributed by atoms with Crippen molar-refractivity contribution in [3.8, 4) is 17.1 Å². The van der Waals surface area contributed by atoms with Gasteiger partial charge in [0.25, 0.3) is 0 Å². The van der Waals surface area contributed by atoms with E-state index in [1.807, 2.05) is 72.2 Å². The Kier molecular flexibility index (Phi) is 5.53. The summed E-state index contributed by atoms with van der Waals surface area (Å²) in [5.41, 5.74) is 2.28. The number of halogens is 1. The maximum Gasteiger partial charge on any atom is 0.196 e. The summed E-state index contributed by atoms with van der Waals surface area (Å²) < 4.78 is 15.3. The Morgan fingerprint density at radius 3 is 2.17 bits per heavy atom. The molecule has 4 rings (SSSR count). The average molecular weight is 403 g/mol. The van der Waals surface area contributed by atoms with Crippen molar-refractivity contribution in [2.75, 3.05) is 0 Å². The molecule has 1 heterocycles. The zero-order chi connectivity index (χ0) is 20.2. The number of nitrogens with zero attached hydrogens (tertiary/aromatic N) is 3. The van der Waals surface area contributed by atoms with E-state index in [9.17, 15) is 9.18 Å². The summed E-state index contributed by atoms with van der Waals surface area (Å²) in [4.78, 5) is 12.8. The summed E-state index contributed by atoms with van der Waals surface area (Å²) in [6.07, 6.45) is 0. The first kappa shape index (κ1) is 19.1. The van der Waals surface area contributed by atoms with E-state index < -0.39 is 0 Å². The van der Waals surface area contributed by atoms with Gasteiger partial charge in [-0.2, -0.15) is 0 Å². The SMILES string of the molecule is CC(Sc1nnc(-c2ccc(F)cc2)n1-c1ccccc1)C(=O)c1ccccc1. The minimum Gasteiger partial charge on any atom is -0.293 e. The summed E-state index contributed by atoms with van der Waals surface area (Å²) in [7, 11) is 0. The van der Waals surface area contributed by atoms with Crippen molar-refractivity contribution in [3.63, 3.8) is 0 Å². The second kappa shape index (κ2) is 8.41. The summed E-state index contributed by atoms with van der Waals surface area (Å²) in [5.74, 6) is 0.316. The van der Waals surface area contributed by atoms with Crippen LogP contribution in [0.3, 0.4) is 0 Å². The molecule has 29 heavy (non-hydrogen) atoms. The van der Waals surface area contributed by atoms with Gasteiger partial charge in [-0.25, -0.2) is 4.39 Å².